The Morgan fingerprint density at radius 2 is 1.75 bits per heavy atom. The predicted molar refractivity (Wildman–Crippen MR) is 76.9 cm³/mol. The second kappa shape index (κ2) is 5.28. The maximum absolute atomic E-state index is 13.6. The summed E-state index contributed by atoms with van der Waals surface area (Å²) in [5.41, 5.74) is 6.38. The fourth-order valence-corrected chi connectivity index (χ4v) is 2.28. The van der Waals surface area contributed by atoms with Gasteiger partial charge in [-0.25, -0.2) is 17.9 Å². The SMILES string of the molecule is Nc1cc(S(N)(=O)=O)ccc1Nc1ccc(Cl)cc1F. The van der Waals surface area contributed by atoms with E-state index in [9.17, 15) is 12.8 Å². The first kappa shape index (κ1) is 14.6. The lowest BCUT2D eigenvalue weighted by Crippen LogP contribution is -2.12. The van der Waals surface area contributed by atoms with E-state index in [4.69, 9.17) is 22.5 Å². The summed E-state index contributed by atoms with van der Waals surface area (Å²) in [4.78, 5) is -0.114. The van der Waals surface area contributed by atoms with Crippen LogP contribution in [0.1, 0.15) is 0 Å². The molecule has 0 unspecified atom stereocenters. The van der Waals surface area contributed by atoms with Crippen molar-refractivity contribution < 1.29 is 12.8 Å². The first-order chi connectivity index (χ1) is 9.27. The third-order valence-corrected chi connectivity index (χ3v) is 3.70. The first-order valence-corrected chi connectivity index (χ1v) is 7.34. The van der Waals surface area contributed by atoms with Gasteiger partial charge in [-0.1, -0.05) is 11.6 Å². The standard InChI is InChI=1S/C12H11ClFN3O2S/c13-7-1-3-11(9(14)5-7)17-12-4-2-8(6-10(12)15)20(16,18)19/h1-6,17H,15H2,(H2,16,18,19). The van der Waals surface area contributed by atoms with Gasteiger partial charge in [0.15, 0.2) is 0 Å². The number of primary sulfonamides is 1. The molecule has 0 atom stereocenters. The van der Waals surface area contributed by atoms with Crippen LogP contribution in [0.3, 0.4) is 0 Å². The first-order valence-electron chi connectivity index (χ1n) is 5.42. The van der Waals surface area contributed by atoms with E-state index >= 15 is 0 Å². The number of benzene rings is 2. The molecular formula is C12H11ClFN3O2S. The highest BCUT2D eigenvalue weighted by molar-refractivity contribution is 7.89. The third-order valence-electron chi connectivity index (χ3n) is 2.55. The van der Waals surface area contributed by atoms with Crippen molar-refractivity contribution in [3.05, 3.63) is 47.2 Å². The van der Waals surface area contributed by atoms with Crippen LogP contribution in [0, 0.1) is 5.82 Å². The van der Waals surface area contributed by atoms with E-state index in [0.29, 0.717) is 5.69 Å². The quantitative estimate of drug-likeness (QED) is 0.758. The van der Waals surface area contributed by atoms with Crippen molar-refractivity contribution in [2.45, 2.75) is 4.90 Å². The molecule has 106 valence electrons. The fourth-order valence-electron chi connectivity index (χ4n) is 1.57. The molecule has 0 saturated carbocycles. The van der Waals surface area contributed by atoms with E-state index in [1.807, 2.05) is 0 Å². The summed E-state index contributed by atoms with van der Waals surface area (Å²) in [5, 5.41) is 8.01. The molecule has 0 aromatic heterocycles. The van der Waals surface area contributed by atoms with Gasteiger partial charge in [-0.3, -0.25) is 0 Å². The van der Waals surface area contributed by atoms with E-state index in [2.05, 4.69) is 5.32 Å². The molecule has 5 nitrogen and oxygen atoms in total. The zero-order chi connectivity index (χ0) is 14.9. The Hall–Kier alpha value is -1.83. The second-order valence-corrected chi connectivity index (χ2v) is 6.04. The average Bonchev–Trinajstić information content (AvgIpc) is 2.33. The minimum atomic E-state index is -3.83. The van der Waals surface area contributed by atoms with Gasteiger partial charge in [0.25, 0.3) is 0 Å². The molecule has 0 amide bonds. The minimum Gasteiger partial charge on any atom is -0.397 e. The van der Waals surface area contributed by atoms with Crippen molar-refractivity contribution in [3.63, 3.8) is 0 Å². The lowest BCUT2D eigenvalue weighted by molar-refractivity contribution is 0.598. The number of nitrogen functional groups attached to an aromatic ring is 1. The van der Waals surface area contributed by atoms with Crippen molar-refractivity contribution in [2.75, 3.05) is 11.1 Å². The van der Waals surface area contributed by atoms with Crippen molar-refractivity contribution in [1.82, 2.24) is 0 Å². The lowest BCUT2D eigenvalue weighted by atomic mass is 10.2. The summed E-state index contributed by atoms with van der Waals surface area (Å²) in [5.74, 6) is -0.549. The van der Waals surface area contributed by atoms with Crippen molar-refractivity contribution in [3.8, 4) is 0 Å². The number of nitrogens with one attached hydrogen (secondary N) is 1. The van der Waals surface area contributed by atoms with E-state index in [1.54, 1.807) is 0 Å². The maximum Gasteiger partial charge on any atom is 0.238 e. The molecule has 0 aliphatic rings. The number of halogens is 2. The summed E-state index contributed by atoms with van der Waals surface area (Å²) in [6, 6.07) is 8.00. The highest BCUT2D eigenvalue weighted by atomic mass is 35.5. The van der Waals surface area contributed by atoms with Gasteiger partial charge >= 0.3 is 0 Å². The molecule has 5 N–H and O–H groups in total. The number of nitrogens with two attached hydrogens (primary N) is 2. The van der Waals surface area contributed by atoms with Gasteiger partial charge < -0.3 is 11.1 Å². The van der Waals surface area contributed by atoms with Gasteiger partial charge in [-0.15, -0.1) is 0 Å². The summed E-state index contributed by atoms with van der Waals surface area (Å²) < 4.78 is 36.0. The van der Waals surface area contributed by atoms with E-state index in [0.717, 1.165) is 6.07 Å². The summed E-state index contributed by atoms with van der Waals surface area (Å²) in [6.07, 6.45) is 0. The minimum absolute atomic E-state index is 0.114. The molecular weight excluding hydrogens is 305 g/mol. The van der Waals surface area contributed by atoms with Crippen LogP contribution in [-0.2, 0) is 10.0 Å². The van der Waals surface area contributed by atoms with Crippen LogP contribution in [0.15, 0.2) is 41.3 Å². The van der Waals surface area contributed by atoms with Crippen molar-refractivity contribution in [1.29, 1.82) is 0 Å². The molecule has 0 aliphatic carbocycles. The zero-order valence-corrected chi connectivity index (χ0v) is 11.7. The van der Waals surface area contributed by atoms with Gasteiger partial charge in [0, 0.05) is 5.02 Å². The highest BCUT2D eigenvalue weighted by Gasteiger charge is 2.11. The van der Waals surface area contributed by atoms with Crippen LogP contribution in [0.25, 0.3) is 0 Å². The fraction of sp³-hybridized carbons (Fsp3) is 0. The van der Waals surface area contributed by atoms with Crippen LogP contribution >= 0.6 is 11.6 Å². The Morgan fingerprint density at radius 1 is 1.10 bits per heavy atom. The summed E-state index contributed by atoms with van der Waals surface area (Å²) in [7, 11) is -3.83. The number of anilines is 3. The molecule has 2 rings (SSSR count). The van der Waals surface area contributed by atoms with E-state index in [1.165, 1.54) is 30.3 Å². The van der Waals surface area contributed by atoms with Gasteiger partial charge in [0.05, 0.1) is 22.0 Å². The number of hydrogen-bond donors (Lipinski definition) is 3. The van der Waals surface area contributed by atoms with Gasteiger partial charge in [-0.2, -0.15) is 0 Å². The molecule has 0 heterocycles. The number of sulfonamides is 1. The zero-order valence-electron chi connectivity index (χ0n) is 10.1. The molecule has 0 saturated heterocycles. The van der Waals surface area contributed by atoms with Crippen LogP contribution in [0.5, 0.6) is 0 Å². The Balaban J connectivity index is 2.35. The third kappa shape index (κ3) is 3.19. The lowest BCUT2D eigenvalue weighted by Gasteiger charge is -2.11. The van der Waals surface area contributed by atoms with Gasteiger partial charge in [-0.05, 0) is 36.4 Å². The molecule has 0 bridgehead atoms. The smallest absolute Gasteiger partial charge is 0.238 e. The maximum atomic E-state index is 13.6. The second-order valence-electron chi connectivity index (χ2n) is 4.04. The summed E-state index contributed by atoms with van der Waals surface area (Å²) in [6.45, 7) is 0. The monoisotopic (exact) mass is 315 g/mol. The van der Waals surface area contributed by atoms with E-state index < -0.39 is 15.8 Å². The molecule has 20 heavy (non-hydrogen) atoms. The normalized spacial score (nSPS) is 11.3. The molecule has 8 heteroatoms. The van der Waals surface area contributed by atoms with Crippen LogP contribution in [0.4, 0.5) is 21.5 Å². The largest absolute Gasteiger partial charge is 0.397 e. The Bertz CT molecular complexity index is 765. The molecule has 0 spiro atoms. The van der Waals surface area contributed by atoms with Crippen molar-refractivity contribution >= 4 is 38.7 Å². The van der Waals surface area contributed by atoms with Crippen LogP contribution in [0.2, 0.25) is 5.02 Å². The molecule has 2 aromatic rings. The Kier molecular flexibility index (Phi) is 3.85. The van der Waals surface area contributed by atoms with Gasteiger partial charge in [0.1, 0.15) is 5.82 Å². The molecule has 0 aliphatic heterocycles. The topological polar surface area (TPSA) is 98.2 Å². The van der Waals surface area contributed by atoms with Crippen LogP contribution in [-0.4, -0.2) is 8.42 Å². The number of hydrogen-bond acceptors (Lipinski definition) is 4. The Morgan fingerprint density at radius 3 is 2.30 bits per heavy atom. The molecule has 0 fully saturated rings. The highest BCUT2D eigenvalue weighted by Crippen LogP contribution is 2.28. The average molecular weight is 316 g/mol. The Labute approximate surface area is 120 Å². The number of rotatable bonds is 3. The molecule has 2 aromatic carbocycles. The van der Waals surface area contributed by atoms with Crippen LogP contribution < -0.4 is 16.2 Å². The molecule has 0 radical (unpaired) electrons. The predicted octanol–water partition coefficient (Wildman–Crippen LogP) is 2.45. The van der Waals surface area contributed by atoms with Gasteiger partial charge in [0.2, 0.25) is 10.0 Å². The van der Waals surface area contributed by atoms with E-state index in [-0.39, 0.29) is 21.3 Å². The summed E-state index contributed by atoms with van der Waals surface area (Å²) >= 11 is 5.65. The van der Waals surface area contributed by atoms with Crippen molar-refractivity contribution in [2.24, 2.45) is 5.14 Å².